The molecule has 4 rings (SSSR count). The largest absolute Gasteiger partial charge is 0.494 e. The van der Waals surface area contributed by atoms with Crippen LogP contribution in [0.25, 0.3) is 0 Å². The number of fused-ring (bicyclic) bond motifs is 1. The van der Waals surface area contributed by atoms with Gasteiger partial charge in [0.25, 0.3) is 11.1 Å². The van der Waals surface area contributed by atoms with Crippen molar-refractivity contribution in [3.05, 3.63) is 53.6 Å². The molecule has 2 aromatic rings. The number of thioether (sulfide) groups is 1. The second-order valence-electron chi connectivity index (χ2n) is 7.04. The van der Waals surface area contributed by atoms with Gasteiger partial charge in [0.05, 0.1) is 18.7 Å². The molecule has 0 aromatic heterocycles. The summed E-state index contributed by atoms with van der Waals surface area (Å²) in [4.78, 5) is 37.3. The summed E-state index contributed by atoms with van der Waals surface area (Å²) in [5.41, 5.74) is 1.41. The topological polar surface area (TPSA) is 94.2 Å². The van der Waals surface area contributed by atoms with Crippen LogP contribution in [0.4, 0.5) is 4.79 Å². The fourth-order valence-electron chi connectivity index (χ4n) is 3.36. The van der Waals surface area contributed by atoms with Crippen LogP contribution in [0.15, 0.2) is 42.5 Å². The number of nitrogens with zero attached hydrogens (tertiary/aromatic N) is 1. The lowest BCUT2D eigenvalue weighted by Crippen LogP contribution is -2.41. The lowest BCUT2D eigenvalue weighted by atomic mass is 10.1. The molecule has 0 radical (unpaired) electrons. The van der Waals surface area contributed by atoms with Gasteiger partial charge in [0.1, 0.15) is 29.9 Å². The Labute approximate surface area is 183 Å². The molecule has 2 heterocycles. The number of carbonyl (C=O) groups excluding carboxylic acids is 3. The van der Waals surface area contributed by atoms with Crippen molar-refractivity contribution in [2.75, 3.05) is 26.5 Å². The van der Waals surface area contributed by atoms with Gasteiger partial charge in [-0.2, -0.15) is 0 Å². The van der Waals surface area contributed by atoms with E-state index in [1.54, 1.807) is 23.1 Å². The first-order valence-electron chi connectivity index (χ1n) is 9.96. The molecular formula is C22H22N2O6S. The Hall–Kier alpha value is -3.20. The van der Waals surface area contributed by atoms with Gasteiger partial charge in [-0.05, 0) is 42.8 Å². The Morgan fingerprint density at radius 3 is 2.58 bits per heavy atom. The number of hydrogen-bond donors (Lipinski definition) is 1. The predicted molar refractivity (Wildman–Crippen MR) is 115 cm³/mol. The summed E-state index contributed by atoms with van der Waals surface area (Å²) in [7, 11) is 0. The Bertz CT molecular complexity index is 994. The minimum atomic E-state index is -0.486. The smallest absolute Gasteiger partial charge is 0.287 e. The van der Waals surface area contributed by atoms with Crippen LogP contribution in [0.3, 0.4) is 0 Å². The third-order valence-corrected chi connectivity index (χ3v) is 5.71. The van der Waals surface area contributed by atoms with Gasteiger partial charge in [-0.1, -0.05) is 12.1 Å². The standard InChI is InChI=1S/C22H22N2O6S/c1-2-28-16-7-8-19-17(12-16)20(25)24(13-30-19)9-10-29-15-5-3-14(4-6-15)11-18-21(26)31-22(27)23-18/h3-8,12,18H,2,9-11,13H2,1H3,(H,23,27). The van der Waals surface area contributed by atoms with Gasteiger partial charge in [-0.3, -0.25) is 14.4 Å². The van der Waals surface area contributed by atoms with Crippen LogP contribution >= 0.6 is 11.8 Å². The zero-order valence-corrected chi connectivity index (χ0v) is 17.8. The molecule has 0 spiro atoms. The van der Waals surface area contributed by atoms with Crippen molar-refractivity contribution in [1.82, 2.24) is 10.2 Å². The monoisotopic (exact) mass is 442 g/mol. The van der Waals surface area contributed by atoms with Crippen LogP contribution in [-0.4, -0.2) is 53.7 Å². The molecule has 2 aliphatic rings. The SMILES string of the molecule is CCOc1ccc2c(c1)C(=O)N(CCOc1ccc(CC3NC(=O)SC3=O)cc1)CO2. The maximum Gasteiger partial charge on any atom is 0.287 e. The Balaban J connectivity index is 1.28. The van der Waals surface area contributed by atoms with E-state index < -0.39 is 6.04 Å². The molecule has 0 aliphatic carbocycles. The Kier molecular flexibility index (Phi) is 6.31. The molecular weight excluding hydrogens is 420 g/mol. The van der Waals surface area contributed by atoms with Crippen molar-refractivity contribution in [1.29, 1.82) is 0 Å². The normalized spacial score (nSPS) is 17.8. The maximum atomic E-state index is 12.8. The quantitative estimate of drug-likeness (QED) is 0.672. The van der Waals surface area contributed by atoms with Crippen LogP contribution in [0.1, 0.15) is 22.8 Å². The van der Waals surface area contributed by atoms with Gasteiger partial charge in [0.15, 0.2) is 6.73 Å². The van der Waals surface area contributed by atoms with E-state index >= 15 is 0 Å². The van der Waals surface area contributed by atoms with Crippen molar-refractivity contribution in [2.24, 2.45) is 0 Å². The minimum absolute atomic E-state index is 0.122. The van der Waals surface area contributed by atoms with E-state index in [0.29, 0.717) is 60.8 Å². The van der Waals surface area contributed by atoms with Crippen LogP contribution in [0.5, 0.6) is 17.2 Å². The molecule has 2 amide bonds. The van der Waals surface area contributed by atoms with Gasteiger partial charge < -0.3 is 24.4 Å². The predicted octanol–water partition coefficient (Wildman–Crippen LogP) is 2.85. The Morgan fingerprint density at radius 1 is 1.10 bits per heavy atom. The molecule has 1 saturated heterocycles. The molecule has 9 heteroatoms. The summed E-state index contributed by atoms with van der Waals surface area (Å²) in [5, 5.41) is 2.18. The molecule has 162 valence electrons. The van der Waals surface area contributed by atoms with Crippen molar-refractivity contribution < 1.29 is 28.6 Å². The average Bonchev–Trinajstić information content (AvgIpc) is 3.08. The third-order valence-electron chi connectivity index (χ3n) is 4.92. The van der Waals surface area contributed by atoms with Crippen LogP contribution in [-0.2, 0) is 11.2 Å². The molecule has 1 N–H and O–H groups in total. The molecule has 1 atom stereocenters. The van der Waals surface area contributed by atoms with E-state index in [-0.39, 0.29) is 23.0 Å². The van der Waals surface area contributed by atoms with Crippen molar-refractivity contribution in [3.63, 3.8) is 0 Å². The highest BCUT2D eigenvalue weighted by molar-refractivity contribution is 8.26. The molecule has 31 heavy (non-hydrogen) atoms. The molecule has 2 aromatic carbocycles. The van der Waals surface area contributed by atoms with E-state index in [4.69, 9.17) is 14.2 Å². The van der Waals surface area contributed by atoms with Crippen molar-refractivity contribution >= 4 is 28.0 Å². The molecule has 2 aliphatic heterocycles. The fourth-order valence-corrected chi connectivity index (χ4v) is 4.03. The van der Waals surface area contributed by atoms with E-state index in [2.05, 4.69) is 5.32 Å². The molecule has 0 saturated carbocycles. The molecule has 1 unspecified atom stereocenters. The number of amides is 2. The lowest BCUT2D eigenvalue weighted by molar-refractivity contribution is -0.112. The minimum Gasteiger partial charge on any atom is -0.494 e. The van der Waals surface area contributed by atoms with Crippen LogP contribution in [0.2, 0.25) is 0 Å². The maximum absolute atomic E-state index is 12.8. The summed E-state index contributed by atoms with van der Waals surface area (Å²) in [6.07, 6.45) is 0.445. The highest BCUT2D eigenvalue weighted by Crippen LogP contribution is 2.29. The zero-order chi connectivity index (χ0) is 21.8. The number of benzene rings is 2. The van der Waals surface area contributed by atoms with Gasteiger partial charge in [0, 0.05) is 18.2 Å². The number of nitrogens with one attached hydrogen (secondary N) is 1. The van der Waals surface area contributed by atoms with Gasteiger partial charge >= 0.3 is 0 Å². The molecule has 0 bridgehead atoms. The van der Waals surface area contributed by atoms with E-state index in [1.165, 1.54) is 0 Å². The van der Waals surface area contributed by atoms with Gasteiger partial charge in [-0.25, -0.2) is 0 Å². The van der Waals surface area contributed by atoms with Crippen molar-refractivity contribution in [3.8, 4) is 17.2 Å². The highest BCUT2D eigenvalue weighted by Gasteiger charge is 2.31. The average molecular weight is 442 g/mol. The number of ether oxygens (including phenoxy) is 3. The van der Waals surface area contributed by atoms with Gasteiger partial charge in [-0.15, -0.1) is 0 Å². The Morgan fingerprint density at radius 2 is 1.87 bits per heavy atom. The number of hydrogen-bond acceptors (Lipinski definition) is 7. The highest BCUT2D eigenvalue weighted by atomic mass is 32.2. The van der Waals surface area contributed by atoms with E-state index in [1.807, 2.05) is 31.2 Å². The van der Waals surface area contributed by atoms with Crippen LogP contribution < -0.4 is 19.5 Å². The zero-order valence-electron chi connectivity index (χ0n) is 17.0. The first kappa shape index (κ1) is 21.0. The third kappa shape index (κ3) is 4.93. The van der Waals surface area contributed by atoms with Crippen molar-refractivity contribution in [2.45, 2.75) is 19.4 Å². The van der Waals surface area contributed by atoms with E-state index in [9.17, 15) is 14.4 Å². The van der Waals surface area contributed by atoms with Gasteiger partial charge in [0.2, 0.25) is 5.12 Å². The number of rotatable bonds is 8. The summed E-state index contributed by atoms with van der Waals surface area (Å²) >= 11 is 0.712. The lowest BCUT2D eigenvalue weighted by Gasteiger charge is -2.28. The van der Waals surface area contributed by atoms with Crippen LogP contribution in [0, 0.1) is 0 Å². The summed E-state index contributed by atoms with van der Waals surface area (Å²) in [6, 6.07) is 12.1. The first-order chi connectivity index (χ1) is 15.0. The fraction of sp³-hybridized carbons (Fsp3) is 0.318. The molecule has 1 fully saturated rings. The second-order valence-corrected chi connectivity index (χ2v) is 8.01. The summed E-state index contributed by atoms with van der Waals surface area (Å²) in [5.74, 6) is 1.72. The number of carbonyl (C=O) groups is 3. The second kappa shape index (κ2) is 9.30. The summed E-state index contributed by atoms with van der Waals surface area (Å²) < 4.78 is 16.9. The van der Waals surface area contributed by atoms with E-state index in [0.717, 1.165) is 5.56 Å². The first-order valence-corrected chi connectivity index (χ1v) is 10.8. The molecule has 8 nitrogen and oxygen atoms in total. The summed E-state index contributed by atoms with van der Waals surface area (Å²) in [6.45, 7) is 3.26.